The van der Waals surface area contributed by atoms with E-state index in [9.17, 15) is 18.4 Å². The molecule has 1 N–H and O–H groups in total. The van der Waals surface area contributed by atoms with E-state index in [1.165, 1.54) is 25.3 Å². The van der Waals surface area contributed by atoms with Gasteiger partial charge in [0.15, 0.2) is 18.1 Å². The monoisotopic (exact) mass is 411 g/mol. The van der Waals surface area contributed by atoms with Gasteiger partial charge in [-0.25, -0.2) is 4.79 Å². The number of esters is 1. The fraction of sp³-hybridized carbons (Fsp3) is 0.158. The van der Waals surface area contributed by atoms with E-state index >= 15 is 0 Å². The molecule has 9 heteroatoms. The molecule has 0 radical (unpaired) electrons. The molecule has 28 heavy (non-hydrogen) atoms. The number of hydrogen-bond donors (Lipinski definition) is 1. The van der Waals surface area contributed by atoms with E-state index < -0.39 is 25.1 Å². The summed E-state index contributed by atoms with van der Waals surface area (Å²) in [6.45, 7) is -3.59. The molecular formula is C19H16ClF2NO5. The molecule has 2 aromatic carbocycles. The maximum absolute atomic E-state index is 12.6. The maximum Gasteiger partial charge on any atom is 0.387 e. The van der Waals surface area contributed by atoms with Gasteiger partial charge in [0.05, 0.1) is 7.11 Å². The van der Waals surface area contributed by atoms with E-state index in [2.05, 4.69) is 10.1 Å². The number of amides is 1. The van der Waals surface area contributed by atoms with Gasteiger partial charge in [-0.15, -0.1) is 0 Å². The van der Waals surface area contributed by atoms with E-state index in [4.69, 9.17) is 21.1 Å². The molecule has 2 rings (SSSR count). The van der Waals surface area contributed by atoms with Crippen molar-refractivity contribution in [3.63, 3.8) is 0 Å². The zero-order chi connectivity index (χ0) is 20.5. The summed E-state index contributed by atoms with van der Waals surface area (Å²) in [5.41, 5.74) is 0.674. The second-order valence-electron chi connectivity index (χ2n) is 5.25. The highest BCUT2D eigenvalue weighted by molar-refractivity contribution is 6.30. The molecule has 1 amide bonds. The number of methoxy groups -OCH3 is 1. The third-order valence-corrected chi connectivity index (χ3v) is 3.56. The Morgan fingerprint density at radius 1 is 1.18 bits per heavy atom. The van der Waals surface area contributed by atoms with Crippen LogP contribution in [0.2, 0.25) is 5.02 Å². The second kappa shape index (κ2) is 10.3. The van der Waals surface area contributed by atoms with Crippen LogP contribution in [-0.2, 0) is 14.3 Å². The van der Waals surface area contributed by atoms with Crippen LogP contribution in [0.3, 0.4) is 0 Å². The highest BCUT2D eigenvalue weighted by atomic mass is 35.5. The van der Waals surface area contributed by atoms with Crippen molar-refractivity contribution in [2.24, 2.45) is 0 Å². The van der Waals surface area contributed by atoms with Crippen LogP contribution in [0, 0.1) is 0 Å². The molecule has 0 aliphatic carbocycles. The molecule has 0 spiro atoms. The zero-order valence-electron chi connectivity index (χ0n) is 14.7. The number of carbonyl (C=O) groups is 2. The number of alkyl halides is 2. The lowest BCUT2D eigenvalue weighted by Gasteiger charge is -2.12. The van der Waals surface area contributed by atoms with E-state index in [-0.39, 0.29) is 17.1 Å². The summed E-state index contributed by atoms with van der Waals surface area (Å²) in [5.74, 6) is -1.52. The van der Waals surface area contributed by atoms with Gasteiger partial charge in [-0.2, -0.15) is 8.78 Å². The first-order valence-electron chi connectivity index (χ1n) is 7.91. The maximum atomic E-state index is 12.6. The SMILES string of the molecule is COc1cccc(/C=C/C(=O)OCC(=O)Nc2ccc(Cl)cc2)c1OC(F)F. The largest absolute Gasteiger partial charge is 0.493 e. The van der Waals surface area contributed by atoms with Crippen molar-refractivity contribution in [3.8, 4) is 11.5 Å². The van der Waals surface area contributed by atoms with Crippen molar-refractivity contribution in [3.05, 3.63) is 59.1 Å². The average Bonchev–Trinajstić information content (AvgIpc) is 2.67. The van der Waals surface area contributed by atoms with Gasteiger partial charge in [-0.1, -0.05) is 23.7 Å². The zero-order valence-corrected chi connectivity index (χ0v) is 15.4. The van der Waals surface area contributed by atoms with Crippen LogP contribution in [0.15, 0.2) is 48.5 Å². The van der Waals surface area contributed by atoms with Gasteiger partial charge in [0.25, 0.3) is 5.91 Å². The highest BCUT2D eigenvalue weighted by Crippen LogP contribution is 2.33. The normalized spacial score (nSPS) is 10.8. The number of anilines is 1. The lowest BCUT2D eigenvalue weighted by molar-refractivity contribution is -0.142. The summed E-state index contributed by atoms with van der Waals surface area (Å²) in [7, 11) is 1.30. The molecule has 0 aliphatic rings. The van der Waals surface area contributed by atoms with Crippen molar-refractivity contribution < 1.29 is 32.6 Å². The Bertz CT molecular complexity index is 856. The number of hydrogen-bond acceptors (Lipinski definition) is 5. The number of para-hydroxylation sites is 1. The molecular weight excluding hydrogens is 396 g/mol. The summed E-state index contributed by atoms with van der Waals surface area (Å²) in [5, 5.41) is 3.04. The summed E-state index contributed by atoms with van der Waals surface area (Å²) in [6.07, 6.45) is 2.21. The van der Waals surface area contributed by atoms with Crippen molar-refractivity contribution in [1.29, 1.82) is 0 Å². The van der Waals surface area contributed by atoms with E-state index in [1.807, 2.05) is 0 Å². The number of rotatable bonds is 8. The van der Waals surface area contributed by atoms with Crippen LogP contribution in [-0.4, -0.2) is 32.2 Å². The van der Waals surface area contributed by atoms with Crippen LogP contribution in [0.25, 0.3) is 6.08 Å². The lowest BCUT2D eigenvalue weighted by Crippen LogP contribution is -2.20. The molecule has 148 valence electrons. The summed E-state index contributed by atoms with van der Waals surface area (Å²) in [4.78, 5) is 23.5. The smallest absolute Gasteiger partial charge is 0.387 e. The summed E-state index contributed by atoms with van der Waals surface area (Å²) < 4.78 is 39.4. The van der Waals surface area contributed by atoms with Crippen LogP contribution >= 0.6 is 11.6 Å². The fourth-order valence-corrected chi connectivity index (χ4v) is 2.24. The Kier molecular flexibility index (Phi) is 7.76. The highest BCUT2D eigenvalue weighted by Gasteiger charge is 2.14. The van der Waals surface area contributed by atoms with E-state index in [0.717, 1.165) is 6.08 Å². The predicted molar refractivity (Wildman–Crippen MR) is 99.7 cm³/mol. The number of benzene rings is 2. The Morgan fingerprint density at radius 2 is 1.89 bits per heavy atom. The standard InChI is InChI=1S/C19H16ClF2NO5/c1-26-15-4-2-3-12(18(15)28-19(21)22)5-10-17(25)27-11-16(24)23-14-8-6-13(20)7-9-14/h2-10,19H,11H2,1H3,(H,23,24)/b10-5+. The first kappa shape index (κ1) is 21.2. The minimum atomic E-state index is -3.06. The van der Waals surface area contributed by atoms with Gasteiger partial charge >= 0.3 is 12.6 Å². The molecule has 0 bridgehead atoms. The molecule has 0 aromatic heterocycles. The van der Waals surface area contributed by atoms with Gasteiger partial charge in [0.2, 0.25) is 0 Å². The van der Waals surface area contributed by atoms with Crippen LogP contribution < -0.4 is 14.8 Å². The quantitative estimate of drug-likeness (QED) is 0.522. The number of ether oxygens (including phenoxy) is 3. The van der Waals surface area contributed by atoms with Gasteiger partial charge in [-0.05, 0) is 36.4 Å². The van der Waals surface area contributed by atoms with Crippen LogP contribution in [0.1, 0.15) is 5.56 Å². The van der Waals surface area contributed by atoms with Crippen LogP contribution in [0.4, 0.5) is 14.5 Å². The molecule has 0 aliphatic heterocycles. The molecule has 0 fully saturated rings. The predicted octanol–water partition coefficient (Wildman–Crippen LogP) is 4.15. The topological polar surface area (TPSA) is 73.9 Å². The molecule has 0 unspecified atom stereocenters. The molecule has 2 aromatic rings. The summed E-state index contributed by atoms with van der Waals surface area (Å²) >= 11 is 5.75. The van der Waals surface area contributed by atoms with E-state index in [0.29, 0.717) is 10.7 Å². The van der Waals surface area contributed by atoms with Crippen LogP contribution in [0.5, 0.6) is 11.5 Å². The molecule has 6 nitrogen and oxygen atoms in total. The van der Waals surface area contributed by atoms with Gasteiger partial charge in [0, 0.05) is 22.3 Å². The molecule has 0 heterocycles. The minimum Gasteiger partial charge on any atom is -0.493 e. The number of halogens is 3. The first-order valence-corrected chi connectivity index (χ1v) is 8.29. The lowest BCUT2D eigenvalue weighted by atomic mass is 10.1. The Labute approximate surface area is 164 Å². The molecule has 0 saturated carbocycles. The minimum absolute atomic E-state index is 0.0816. The summed E-state index contributed by atoms with van der Waals surface area (Å²) in [6, 6.07) is 10.8. The number of nitrogens with one attached hydrogen (secondary N) is 1. The second-order valence-corrected chi connectivity index (χ2v) is 5.69. The third-order valence-electron chi connectivity index (χ3n) is 3.31. The van der Waals surface area contributed by atoms with E-state index in [1.54, 1.807) is 30.3 Å². The Hall–Kier alpha value is -3.13. The Balaban J connectivity index is 1.94. The van der Waals surface area contributed by atoms with Gasteiger partial charge < -0.3 is 19.5 Å². The van der Waals surface area contributed by atoms with Crippen molar-refractivity contribution in [1.82, 2.24) is 0 Å². The van der Waals surface area contributed by atoms with Crippen molar-refractivity contribution in [2.45, 2.75) is 6.61 Å². The van der Waals surface area contributed by atoms with Crippen molar-refractivity contribution in [2.75, 3.05) is 19.0 Å². The van der Waals surface area contributed by atoms with Gasteiger partial charge in [0.1, 0.15) is 0 Å². The fourth-order valence-electron chi connectivity index (χ4n) is 2.11. The average molecular weight is 412 g/mol. The Morgan fingerprint density at radius 3 is 2.54 bits per heavy atom. The first-order chi connectivity index (χ1) is 13.4. The van der Waals surface area contributed by atoms with Gasteiger partial charge in [-0.3, -0.25) is 4.79 Å². The molecule has 0 atom stereocenters. The van der Waals surface area contributed by atoms with Crippen molar-refractivity contribution >= 4 is 35.2 Å². The molecule has 0 saturated heterocycles. The third kappa shape index (κ3) is 6.55. The number of carbonyl (C=O) groups excluding carboxylic acids is 2.